The molecule has 1 aliphatic rings. The van der Waals surface area contributed by atoms with Crippen LogP contribution in [-0.2, 0) is 16.3 Å². The number of carbonyl (C=O) groups is 1. The molecule has 1 aliphatic heterocycles. The predicted octanol–water partition coefficient (Wildman–Crippen LogP) is 2.19. The zero-order chi connectivity index (χ0) is 21.8. The number of aryl methyl sites for hydroxylation is 1. The summed E-state index contributed by atoms with van der Waals surface area (Å²) in [5.41, 5.74) is 1.11. The van der Waals surface area contributed by atoms with E-state index < -0.39 is 15.7 Å². The lowest BCUT2D eigenvalue weighted by Gasteiger charge is -2.35. The lowest BCUT2D eigenvalue weighted by molar-refractivity contribution is 0.0696. The van der Waals surface area contributed by atoms with Gasteiger partial charge in [0.15, 0.2) is 15.7 Å². The first-order valence-corrected chi connectivity index (χ1v) is 11.5. The molecule has 2 heterocycles. The zero-order valence-corrected chi connectivity index (χ0v) is 17.5. The van der Waals surface area contributed by atoms with Gasteiger partial charge < -0.3 is 14.3 Å². The monoisotopic (exact) mass is 444 g/mol. The number of aromatic nitrogens is 2. The van der Waals surface area contributed by atoms with Crippen LogP contribution in [0.2, 0.25) is 0 Å². The van der Waals surface area contributed by atoms with Crippen LogP contribution in [0.15, 0.2) is 64.0 Å². The van der Waals surface area contributed by atoms with Gasteiger partial charge in [-0.3, -0.25) is 4.79 Å². The molecule has 1 amide bonds. The SMILES string of the molecule is O=C(c1nc(CCS(=O)(=O)c2ccc(F)cc2)no1)N1CCN(c2ccccc2)CC1. The maximum atomic E-state index is 13.0. The Morgan fingerprint density at radius 3 is 2.35 bits per heavy atom. The number of sulfone groups is 1. The third-order valence-electron chi connectivity index (χ3n) is 5.11. The largest absolute Gasteiger partial charge is 0.368 e. The van der Waals surface area contributed by atoms with Gasteiger partial charge >= 0.3 is 11.8 Å². The predicted molar refractivity (Wildman–Crippen MR) is 111 cm³/mol. The van der Waals surface area contributed by atoms with Gasteiger partial charge in [-0.2, -0.15) is 4.98 Å². The van der Waals surface area contributed by atoms with Gasteiger partial charge in [0.1, 0.15) is 5.82 Å². The van der Waals surface area contributed by atoms with Gasteiger partial charge in [0.2, 0.25) is 0 Å². The molecule has 0 unspecified atom stereocenters. The van der Waals surface area contributed by atoms with E-state index in [1.165, 1.54) is 12.1 Å². The Hall–Kier alpha value is -3.27. The summed E-state index contributed by atoms with van der Waals surface area (Å²) in [5, 5.41) is 3.74. The molecule has 8 nitrogen and oxygen atoms in total. The minimum atomic E-state index is -3.63. The molecule has 4 rings (SSSR count). The van der Waals surface area contributed by atoms with Crippen LogP contribution >= 0.6 is 0 Å². The van der Waals surface area contributed by atoms with Crippen LogP contribution in [0, 0.1) is 5.82 Å². The normalized spacial score (nSPS) is 14.6. The summed E-state index contributed by atoms with van der Waals surface area (Å²) in [6.07, 6.45) is -0.0156. The first-order valence-electron chi connectivity index (χ1n) is 9.82. The molecule has 1 fully saturated rings. The van der Waals surface area contributed by atoms with E-state index in [0.717, 1.165) is 17.8 Å². The van der Waals surface area contributed by atoms with Gasteiger partial charge in [0.05, 0.1) is 10.6 Å². The molecule has 1 aromatic heterocycles. The number of piperazine rings is 1. The molecule has 3 aromatic rings. The Kier molecular flexibility index (Phi) is 5.99. The molecule has 0 aliphatic carbocycles. The fraction of sp³-hybridized carbons (Fsp3) is 0.286. The smallest absolute Gasteiger partial charge is 0.316 e. The molecule has 162 valence electrons. The van der Waals surface area contributed by atoms with Gasteiger partial charge in [0.25, 0.3) is 0 Å². The van der Waals surface area contributed by atoms with Gasteiger partial charge in [-0.05, 0) is 36.4 Å². The van der Waals surface area contributed by atoms with Crippen molar-refractivity contribution < 1.29 is 22.1 Å². The van der Waals surface area contributed by atoms with Crippen molar-refractivity contribution in [2.75, 3.05) is 36.8 Å². The molecule has 1 saturated heterocycles. The third kappa shape index (κ3) is 4.91. The summed E-state index contributed by atoms with van der Waals surface area (Å²) in [7, 11) is -3.63. The standard InChI is InChI=1S/C21H21FN4O4S/c22-16-6-8-18(9-7-16)31(28,29)15-10-19-23-20(30-24-19)21(27)26-13-11-25(12-14-26)17-4-2-1-3-5-17/h1-9H,10-15H2. The van der Waals surface area contributed by atoms with E-state index in [2.05, 4.69) is 15.0 Å². The number of amides is 1. The van der Waals surface area contributed by atoms with Crippen LogP contribution in [0.3, 0.4) is 0 Å². The van der Waals surface area contributed by atoms with Crippen LogP contribution in [0.1, 0.15) is 16.5 Å². The average molecular weight is 444 g/mol. The fourth-order valence-electron chi connectivity index (χ4n) is 3.37. The average Bonchev–Trinajstić information content (AvgIpc) is 3.27. The second-order valence-corrected chi connectivity index (χ2v) is 9.26. The highest BCUT2D eigenvalue weighted by Gasteiger charge is 2.26. The molecule has 2 aromatic carbocycles. The molecule has 10 heteroatoms. The van der Waals surface area contributed by atoms with Gasteiger partial charge in [-0.1, -0.05) is 23.4 Å². The van der Waals surface area contributed by atoms with E-state index in [9.17, 15) is 17.6 Å². The van der Waals surface area contributed by atoms with Crippen molar-refractivity contribution in [2.24, 2.45) is 0 Å². The van der Waals surface area contributed by atoms with Crippen LogP contribution in [0.4, 0.5) is 10.1 Å². The summed E-state index contributed by atoms with van der Waals surface area (Å²) in [6.45, 7) is 2.41. The van der Waals surface area contributed by atoms with E-state index in [-0.39, 0.29) is 34.7 Å². The van der Waals surface area contributed by atoms with E-state index in [4.69, 9.17) is 4.52 Å². The maximum Gasteiger partial charge on any atom is 0.316 e. The van der Waals surface area contributed by atoms with Crippen molar-refractivity contribution in [3.05, 3.63) is 72.1 Å². The molecule has 0 bridgehead atoms. The Labute approximate surface area is 179 Å². The second kappa shape index (κ2) is 8.84. The number of benzene rings is 2. The number of anilines is 1. The van der Waals surface area contributed by atoms with Crippen molar-refractivity contribution in [3.63, 3.8) is 0 Å². The van der Waals surface area contributed by atoms with Crippen molar-refractivity contribution in [2.45, 2.75) is 11.3 Å². The quantitative estimate of drug-likeness (QED) is 0.538. The number of nitrogens with zero attached hydrogens (tertiary/aromatic N) is 4. The van der Waals surface area contributed by atoms with E-state index in [1.54, 1.807) is 4.90 Å². The maximum absolute atomic E-state index is 13.0. The van der Waals surface area contributed by atoms with Crippen LogP contribution in [0.5, 0.6) is 0 Å². The van der Waals surface area contributed by atoms with E-state index in [0.29, 0.717) is 26.2 Å². The Bertz CT molecular complexity index is 1140. The van der Waals surface area contributed by atoms with Crippen LogP contribution in [-0.4, -0.2) is 61.3 Å². The summed E-state index contributed by atoms with van der Waals surface area (Å²) in [6, 6.07) is 14.6. The lowest BCUT2D eigenvalue weighted by atomic mass is 10.2. The molecular formula is C21H21FN4O4S. The third-order valence-corrected chi connectivity index (χ3v) is 6.84. The van der Waals surface area contributed by atoms with Gasteiger partial charge in [-0.25, -0.2) is 12.8 Å². The van der Waals surface area contributed by atoms with Crippen molar-refractivity contribution in [3.8, 4) is 0 Å². The molecule has 0 N–H and O–H groups in total. The molecule has 0 saturated carbocycles. The first-order chi connectivity index (χ1) is 14.9. The number of hydrogen-bond donors (Lipinski definition) is 0. The molecule has 0 atom stereocenters. The topological polar surface area (TPSA) is 96.6 Å². The first kappa shape index (κ1) is 21.0. The minimum Gasteiger partial charge on any atom is -0.368 e. The molecule has 31 heavy (non-hydrogen) atoms. The number of hydrogen-bond acceptors (Lipinski definition) is 7. The summed E-state index contributed by atoms with van der Waals surface area (Å²) >= 11 is 0. The Balaban J connectivity index is 1.33. The zero-order valence-electron chi connectivity index (χ0n) is 16.6. The fourth-order valence-corrected chi connectivity index (χ4v) is 4.61. The highest BCUT2D eigenvalue weighted by Crippen LogP contribution is 2.17. The number of halogens is 1. The summed E-state index contributed by atoms with van der Waals surface area (Å²) in [4.78, 5) is 20.6. The Morgan fingerprint density at radius 2 is 1.68 bits per heavy atom. The molecule has 0 spiro atoms. The summed E-state index contributed by atoms with van der Waals surface area (Å²) < 4.78 is 42.8. The van der Waals surface area contributed by atoms with Crippen molar-refractivity contribution in [1.82, 2.24) is 15.0 Å². The number of rotatable bonds is 6. The highest BCUT2D eigenvalue weighted by atomic mass is 32.2. The van der Waals surface area contributed by atoms with Gasteiger partial charge in [-0.15, -0.1) is 0 Å². The van der Waals surface area contributed by atoms with Gasteiger partial charge in [0, 0.05) is 38.3 Å². The van der Waals surface area contributed by atoms with Crippen molar-refractivity contribution >= 4 is 21.4 Å². The summed E-state index contributed by atoms with van der Waals surface area (Å²) in [5.74, 6) is -1.17. The van der Waals surface area contributed by atoms with E-state index in [1.807, 2.05) is 30.3 Å². The van der Waals surface area contributed by atoms with Crippen LogP contribution < -0.4 is 4.90 Å². The molecular weight excluding hydrogens is 423 g/mol. The van der Waals surface area contributed by atoms with Crippen LogP contribution in [0.25, 0.3) is 0 Å². The van der Waals surface area contributed by atoms with Crippen molar-refractivity contribution in [1.29, 1.82) is 0 Å². The minimum absolute atomic E-state index is 0.0156. The number of para-hydroxylation sites is 1. The lowest BCUT2D eigenvalue weighted by Crippen LogP contribution is -2.48. The Morgan fingerprint density at radius 1 is 1.00 bits per heavy atom. The molecule has 0 radical (unpaired) electrons. The second-order valence-electron chi connectivity index (χ2n) is 7.15. The highest BCUT2D eigenvalue weighted by molar-refractivity contribution is 7.91. The number of carbonyl (C=O) groups excluding carboxylic acids is 1. The van der Waals surface area contributed by atoms with E-state index >= 15 is 0 Å².